The minimum atomic E-state index is -2.58. The maximum atomic E-state index is 12.7. The van der Waals surface area contributed by atoms with Gasteiger partial charge in [-0.05, 0) is 18.2 Å². The lowest BCUT2D eigenvalue weighted by Crippen LogP contribution is -2.03. The maximum Gasteiger partial charge on any atom is 0.336 e. The Kier molecular flexibility index (Phi) is 3.14. The zero-order chi connectivity index (χ0) is 13.3. The van der Waals surface area contributed by atoms with E-state index >= 15 is 0 Å². The minimum absolute atomic E-state index is 0.0968. The molecule has 0 aliphatic heterocycles. The monoisotopic (exact) mass is 251 g/mol. The molecule has 0 amide bonds. The van der Waals surface area contributed by atoms with Crippen LogP contribution in [-0.2, 0) is 7.05 Å². The molecule has 0 aliphatic rings. The Labute approximate surface area is 102 Å². The Hall–Kier alpha value is -2.17. The quantitative estimate of drug-likeness (QED) is 0.909. The van der Waals surface area contributed by atoms with Crippen LogP contribution in [0.15, 0.2) is 36.4 Å². The largest absolute Gasteiger partial charge is 0.478 e. The van der Waals surface area contributed by atoms with Crippen LogP contribution in [0.25, 0.3) is 11.3 Å². The molecule has 0 saturated carbocycles. The first-order valence-corrected chi connectivity index (χ1v) is 5.29. The van der Waals surface area contributed by atoms with Gasteiger partial charge in [0.15, 0.2) is 0 Å². The predicted molar refractivity (Wildman–Crippen MR) is 62.8 cm³/mol. The molecule has 1 heterocycles. The third-order valence-corrected chi connectivity index (χ3v) is 2.82. The van der Waals surface area contributed by atoms with Gasteiger partial charge in [-0.2, -0.15) is 0 Å². The summed E-state index contributed by atoms with van der Waals surface area (Å²) in [5, 5.41) is 9.08. The fourth-order valence-corrected chi connectivity index (χ4v) is 1.91. The molecule has 0 unspecified atom stereocenters. The predicted octanol–water partition coefficient (Wildman–Crippen LogP) is 3.33. The fourth-order valence-electron chi connectivity index (χ4n) is 1.91. The van der Waals surface area contributed by atoms with Crippen LogP contribution < -0.4 is 0 Å². The lowest BCUT2D eigenvalue weighted by atomic mass is 10.0. The summed E-state index contributed by atoms with van der Waals surface area (Å²) in [6.45, 7) is 0. The van der Waals surface area contributed by atoms with Gasteiger partial charge in [-0.25, -0.2) is 13.6 Å². The molecule has 18 heavy (non-hydrogen) atoms. The van der Waals surface area contributed by atoms with E-state index in [1.807, 2.05) is 0 Å². The van der Waals surface area contributed by atoms with Crippen LogP contribution in [0.2, 0.25) is 0 Å². The molecule has 0 spiro atoms. The lowest BCUT2D eigenvalue weighted by molar-refractivity contribution is 0.0697. The van der Waals surface area contributed by atoms with E-state index < -0.39 is 12.4 Å². The van der Waals surface area contributed by atoms with Crippen LogP contribution in [0, 0.1) is 0 Å². The fraction of sp³-hybridized carbons (Fsp3) is 0.154. The molecular formula is C13H11F2NO2. The number of aromatic carboxylic acids is 1. The van der Waals surface area contributed by atoms with E-state index in [0.29, 0.717) is 11.3 Å². The molecule has 0 atom stereocenters. The molecule has 0 radical (unpaired) electrons. The average Bonchev–Trinajstić information content (AvgIpc) is 2.71. The summed E-state index contributed by atoms with van der Waals surface area (Å²) in [7, 11) is 1.50. The van der Waals surface area contributed by atoms with Crippen LogP contribution in [0.1, 0.15) is 22.5 Å². The van der Waals surface area contributed by atoms with Crippen molar-refractivity contribution in [3.63, 3.8) is 0 Å². The first kappa shape index (κ1) is 12.3. The first-order chi connectivity index (χ1) is 8.52. The number of hydrogen-bond donors (Lipinski definition) is 1. The average molecular weight is 251 g/mol. The summed E-state index contributed by atoms with van der Waals surface area (Å²) in [5.41, 5.74) is 0.854. The molecule has 0 saturated heterocycles. The van der Waals surface area contributed by atoms with Crippen molar-refractivity contribution < 1.29 is 18.7 Å². The van der Waals surface area contributed by atoms with Gasteiger partial charge in [-0.15, -0.1) is 0 Å². The Bertz CT molecular complexity index is 590. The van der Waals surface area contributed by atoms with Gasteiger partial charge in [0.2, 0.25) is 0 Å². The summed E-state index contributed by atoms with van der Waals surface area (Å²) in [6, 6.07) is 9.14. The van der Waals surface area contributed by atoms with Crippen LogP contribution in [-0.4, -0.2) is 15.6 Å². The Balaban J connectivity index is 2.59. The van der Waals surface area contributed by atoms with Crippen LogP contribution in [0.3, 0.4) is 0 Å². The van der Waals surface area contributed by atoms with Gasteiger partial charge in [0.1, 0.15) is 0 Å². The smallest absolute Gasteiger partial charge is 0.336 e. The second-order valence-corrected chi connectivity index (χ2v) is 3.85. The van der Waals surface area contributed by atoms with Gasteiger partial charge in [-0.1, -0.05) is 18.2 Å². The van der Waals surface area contributed by atoms with Crippen molar-refractivity contribution in [2.24, 2.45) is 7.05 Å². The number of benzene rings is 1. The molecule has 1 aromatic heterocycles. The normalized spacial score (nSPS) is 10.9. The summed E-state index contributed by atoms with van der Waals surface area (Å²) >= 11 is 0. The second kappa shape index (κ2) is 4.60. The number of aromatic nitrogens is 1. The van der Waals surface area contributed by atoms with E-state index in [1.165, 1.54) is 29.8 Å². The number of carboxylic acids is 1. The topological polar surface area (TPSA) is 42.2 Å². The zero-order valence-corrected chi connectivity index (χ0v) is 9.60. The zero-order valence-electron chi connectivity index (χ0n) is 9.60. The summed E-state index contributed by atoms with van der Waals surface area (Å²) in [4.78, 5) is 11.1. The third kappa shape index (κ3) is 1.99. The Morgan fingerprint density at radius 1 is 1.22 bits per heavy atom. The van der Waals surface area contributed by atoms with Crippen molar-refractivity contribution in [1.82, 2.24) is 4.57 Å². The summed E-state index contributed by atoms with van der Waals surface area (Å²) in [5.74, 6) is -1.08. The number of hydrogen-bond acceptors (Lipinski definition) is 1. The highest BCUT2D eigenvalue weighted by Gasteiger charge is 2.18. The highest BCUT2D eigenvalue weighted by atomic mass is 19.3. The van der Waals surface area contributed by atoms with Crippen molar-refractivity contribution in [3.05, 3.63) is 47.7 Å². The Morgan fingerprint density at radius 2 is 1.89 bits per heavy atom. The molecule has 2 rings (SSSR count). The van der Waals surface area contributed by atoms with E-state index in [0.717, 1.165) is 0 Å². The Morgan fingerprint density at radius 3 is 2.44 bits per heavy atom. The lowest BCUT2D eigenvalue weighted by Gasteiger charge is -2.09. The van der Waals surface area contributed by atoms with Crippen molar-refractivity contribution in [2.75, 3.05) is 0 Å². The molecule has 0 fully saturated rings. The number of nitrogens with zero attached hydrogens (tertiary/aromatic N) is 1. The molecule has 2 aromatic rings. The van der Waals surface area contributed by atoms with Gasteiger partial charge in [0.25, 0.3) is 6.43 Å². The molecule has 3 nitrogen and oxygen atoms in total. The van der Waals surface area contributed by atoms with Crippen molar-refractivity contribution in [1.29, 1.82) is 0 Å². The van der Waals surface area contributed by atoms with Crippen molar-refractivity contribution in [2.45, 2.75) is 6.43 Å². The number of rotatable bonds is 3. The standard InChI is InChI=1S/C13H11F2NO2/c1-16-10(6-7-11(16)12(14)15)8-4-2-3-5-9(8)13(17)18/h2-7,12H,1H3,(H,17,18). The molecule has 5 heteroatoms. The van der Waals surface area contributed by atoms with Crippen LogP contribution in [0.4, 0.5) is 8.78 Å². The number of alkyl halides is 2. The second-order valence-electron chi connectivity index (χ2n) is 3.85. The van der Waals surface area contributed by atoms with E-state index in [1.54, 1.807) is 18.2 Å². The SMILES string of the molecule is Cn1c(-c2ccccc2C(=O)O)ccc1C(F)F. The van der Waals surface area contributed by atoms with Crippen molar-refractivity contribution >= 4 is 5.97 Å². The van der Waals surface area contributed by atoms with Crippen molar-refractivity contribution in [3.8, 4) is 11.3 Å². The van der Waals surface area contributed by atoms with Gasteiger partial charge >= 0.3 is 5.97 Å². The minimum Gasteiger partial charge on any atom is -0.478 e. The number of carboxylic acid groups (broad SMARTS) is 1. The van der Waals surface area contributed by atoms with E-state index in [4.69, 9.17) is 5.11 Å². The van der Waals surface area contributed by atoms with Gasteiger partial charge in [0, 0.05) is 18.3 Å². The van der Waals surface area contributed by atoms with Gasteiger partial charge < -0.3 is 9.67 Å². The highest BCUT2D eigenvalue weighted by molar-refractivity contribution is 5.95. The highest BCUT2D eigenvalue weighted by Crippen LogP contribution is 2.29. The molecule has 1 aromatic carbocycles. The maximum absolute atomic E-state index is 12.7. The van der Waals surface area contributed by atoms with Crippen LogP contribution in [0.5, 0.6) is 0 Å². The molecule has 0 bridgehead atoms. The molecule has 0 aliphatic carbocycles. The van der Waals surface area contributed by atoms with Gasteiger partial charge in [-0.3, -0.25) is 0 Å². The van der Waals surface area contributed by atoms with Crippen LogP contribution >= 0.6 is 0 Å². The van der Waals surface area contributed by atoms with Gasteiger partial charge in [0.05, 0.1) is 11.3 Å². The van der Waals surface area contributed by atoms with E-state index in [-0.39, 0.29) is 11.3 Å². The molecule has 94 valence electrons. The first-order valence-electron chi connectivity index (χ1n) is 5.29. The third-order valence-electron chi connectivity index (χ3n) is 2.82. The molecule has 1 N–H and O–H groups in total. The number of halogens is 2. The van der Waals surface area contributed by atoms with E-state index in [9.17, 15) is 13.6 Å². The number of carbonyl (C=O) groups is 1. The summed E-state index contributed by atoms with van der Waals surface area (Å²) in [6.07, 6.45) is -2.58. The molecular weight excluding hydrogens is 240 g/mol. The summed E-state index contributed by atoms with van der Waals surface area (Å²) < 4.78 is 26.7. The van der Waals surface area contributed by atoms with E-state index in [2.05, 4.69) is 0 Å².